The second-order valence-corrected chi connectivity index (χ2v) is 5.48. The highest BCUT2D eigenvalue weighted by atomic mass is 79.9. The van der Waals surface area contributed by atoms with Gasteiger partial charge in [-0.25, -0.2) is 0 Å². The van der Waals surface area contributed by atoms with E-state index in [1.165, 1.54) is 19.3 Å². The largest absolute Gasteiger partial charge is 0.371 e. The fourth-order valence-corrected chi connectivity index (χ4v) is 2.55. The quantitative estimate of drug-likeness (QED) is 0.558. The molecule has 0 N–H and O–H groups in total. The van der Waals surface area contributed by atoms with E-state index in [0.717, 1.165) is 24.8 Å². The maximum Gasteiger partial charge on any atom is 0.222 e. The van der Waals surface area contributed by atoms with E-state index in [9.17, 15) is 4.79 Å². The minimum Gasteiger partial charge on any atom is -0.371 e. The fraction of sp³-hybridized carbons (Fsp3) is 0.923. The predicted octanol–water partition coefficient (Wildman–Crippen LogP) is 2.97. The van der Waals surface area contributed by atoms with Gasteiger partial charge < -0.3 is 9.64 Å². The highest BCUT2D eigenvalue weighted by Gasteiger charge is 2.27. The Morgan fingerprint density at radius 1 is 1.35 bits per heavy atom. The Morgan fingerprint density at radius 2 is 2.12 bits per heavy atom. The predicted molar refractivity (Wildman–Crippen MR) is 73.5 cm³/mol. The van der Waals surface area contributed by atoms with Crippen molar-refractivity contribution in [2.45, 2.75) is 58.2 Å². The van der Waals surface area contributed by atoms with E-state index in [0.29, 0.717) is 12.3 Å². The summed E-state index contributed by atoms with van der Waals surface area (Å²) in [5.41, 5.74) is 0. The van der Waals surface area contributed by atoms with Gasteiger partial charge in [-0.3, -0.25) is 4.79 Å². The summed E-state index contributed by atoms with van der Waals surface area (Å²) in [6.07, 6.45) is 5.65. The van der Waals surface area contributed by atoms with Gasteiger partial charge in [-0.2, -0.15) is 0 Å². The molecule has 1 amide bonds. The number of unbranched alkanes of at least 4 members (excludes halogenated alkanes) is 3. The molecule has 3 nitrogen and oxygen atoms in total. The van der Waals surface area contributed by atoms with Crippen molar-refractivity contribution in [1.29, 1.82) is 0 Å². The molecule has 0 bridgehead atoms. The lowest BCUT2D eigenvalue weighted by atomic mass is 10.1. The van der Waals surface area contributed by atoms with Gasteiger partial charge in [-0.05, 0) is 13.3 Å². The van der Waals surface area contributed by atoms with Crippen molar-refractivity contribution >= 4 is 21.8 Å². The van der Waals surface area contributed by atoms with Gasteiger partial charge in [0.2, 0.25) is 5.91 Å². The number of hydrogen-bond acceptors (Lipinski definition) is 2. The lowest BCUT2D eigenvalue weighted by Gasteiger charge is -2.36. The van der Waals surface area contributed by atoms with Crippen LogP contribution in [0.2, 0.25) is 0 Å². The van der Waals surface area contributed by atoms with Gasteiger partial charge >= 0.3 is 0 Å². The van der Waals surface area contributed by atoms with Gasteiger partial charge in [0.25, 0.3) is 0 Å². The molecule has 0 aromatic rings. The fourth-order valence-electron chi connectivity index (χ4n) is 2.20. The van der Waals surface area contributed by atoms with Crippen molar-refractivity contribution in [2.24, 2.45) is 0 Å². The summed E-state index contributed by atoms with van der Waals surface area (Å²) in [6, 6.07) is 0. The molecule has 1 saturated heterocycles. The van der Waals surface area contributed by atoms with E-state index in [1.807, 2.05) is 11.8 Å². The molecule has 0 radical (unpaired) electrons. The summed E-state index contributed by atoms with van der Waals surface area (Å²) >= 11 is 3.43. The second kappa shape index (κ2) is 8.09. The maximum absolute atomic E-state index is 12.0. The molecule has 1 aliphatic rings. The van der Waals surface area contributed by atoms with Gasteiger partial charge in [0.1, 0.15) is 0 Å². The topological polar surface area (TPSA) is 29.5 Å². The zero-order chi connectivity index (χ0) is 12.7. The zero-order valence-corrected chi connectivity index (χ0v) is 12.5. The molecule has 1 rings (SSSR count). The van der Waals surface area contributed by atoms with Crippen LogP contribution in [-0.2, 0) is 9.53 Å². The second-order valence-electron chi connectivity index (χ2n) is 4.83. The number of rotatable bonds is 6. The monoisotopic (exact) mass is 305 g/mol. The SMILES string of the molecule is CCCCCCC(=O)N1CC(C)OC(CBr)C1. The molecule has 0 spiro atoms. The molecule has 0 aliphatic carbocycles. The lowest BCUT2D eigenvalue weighted by Crippen LogP contribution is -2.49. The zero-order valence-electron chi connectivity index (χ0n) is 11.0. The standard InChI is InChI=1S/C13H24BrNO2/c1-3-4-5-6-7-13(16)15-9-11(2)17-12(8-14)10-15/h11-12H,3-10H2,1-2H3. The van der Waals surface area contributed by atoms with Gasteiger partial charge in [0.05, 0.1) is 12.2 Å². The van der Waals surface area contributed by atoms with Crippen LogP contribution in [0.15, 0.2) is 0 Å². The molecule has 0 aromatic heterocycles. The van der Waals surface area contributed by atoms with Crippen molar-refractivity contribution in [1.82, 2.24) is 4.90 Å². The van der Waals surface area contributed by atoms with Crippen molar-refractivity contribution in [3.63, 3.8) is 0 Å². The van der Waals surface area contributed by atoms with Crippen LogP contribution >= 0.6 is 15.9 Å². The minimum absolute atomic E-state index is 0.151. The molecule has 0 aromatic carbocycles. The van der Waals surface area contributed by atoms with E-state index in [-0.39, 0.29) is 12.2 Å². The first-order chi connectivity index (χ1) is 8.17. The van der Waals surface area contributed by atoms with E-state index in [2.05, 4.69) is 22.9 Å². The van der Waals surface area contributed by atoms with E-state index < -0.39 is 0 Å². The summed E-state index contributed by atoms with van der Waals surface area (Å²) in [5, 5.41) is 0.803. The van der Waals surface area contributed by atoms with Crippen LogP contribution in [0.4, 0.5) is 0 Å². The summed E-state index contributed by atoms with van der Waals surface area (Å²) < 4.78 is 5.72. The number of halogens is 1. The third-order valence-electron chi connectivity index (χ3n) is 3.10. The maximum atomic E-state index is 12.0. The number of alkyl halides is 1. The molecule has 0 saturated carbocycles. The smallest absolute Gasteiger partial charge is 0.222 e. The third kappa shape index (κ3) is 5.38. The first-order valence-corrected chi connectivity index (χ1v) is 7.78. The summed E-state index contributed by atoms with van der Waals surface area (Å²) in [6.45, 7) is 5.70. The van der Waals surface area contributed by atoms with Crippen LogP contribution < -0.4 is 0 Å². The van der Waals surface area contributed by atoms with Gasteiger partial charge in [0, 0.05) is 24.8 Å². The molecule has 2 atom stereocenters. The number of nitrogens with zero attached hydrogens (tertiary/aromatic N) is 1. The van der Waals surface area contributed by atoms with Crippen LogP contribution in [0.1, 0.15) is 46.0 Å². The Hall–Kier alpha value is -0.0900. The van der Waals surface area contributed by atoms with Crippen LogP contribution in [0.3, 0.4) is 0 Å². The average Bonchev–Trinajstić information content (AvgIpc) is 2.33. The normalized spacial score (nSPS) is 25.0. The van der Waals surface area contributed by atoms with Gasteiger partial charge in [0.15, 0.2) is 0 Å². The summed E-state index contributed by atoms with van der Waals surface area (Å²) in [4.78, 5) is 14.0. The van der Waals surface area contributed by atoms with Crippen molar-refractivity contribution in [2.75, 3.05) is 18.4 Å². The minimum atomic E-state index is 0.151. The molecular weight excluding hydrogens is 282 g/mol. The Morgan fingerprint density at radius 3 is 2.76 bits per heavy atom. The first kappa shape index (κ1) is 15.0. The summed E-state index contributed by atoms with van der Waals surface area (Å²) in [7, 11) is 0. The number of hydrogen-bond donors (Lipinski definition) is 0. The van der Waals surface area contributed by atoms with Crippen LogP contribution in [0.5, 0.6) is 0 Å². The molecular formula is C13H24BrNO2. The van der Waals surface area contributed by atoms with Crippen molar-refractivity contribution < 1.29 is 9.53 Å². The van der Waals surface area contributed by atoms with E-state index in [1.54, 1.807) is 0 Å². The van der Waals surface area contributed by atoms with Gasteiger partial charge in [-0.15, -0.1) is 0 Å². The van der Waals surface area contributed by atoms with Crippen LogP contribution in [0, 0.1) is 0 Å². The Bertz CT molecular complexity index is 235. The highest BCUT2D eigenvalue weighted by Crippen LogP contribution is 2.15. The van der Waals surface area contributed by atoms with E-state index in [4.69, 9.17) is 4.74 Å². The Balaban J connectivity index is 2.29. The van der Waals surface area contributed by atoms with E-state index >= 15 is 0 Å². The number of ether oxygens (including phenoxy) is 1. The number of carbonyl (C=O) groups excluding carboxylic acids is 1. The van der Waals surface area contributed by atoms with Crippen molar-refractivity contribution in [3.8, 4) is 0 Å². The lowest BCUT2D eigenvalue weighted by molar-refractivity contribution is -0.142. The number of amides is 1. The molecule has 4 heteroatoms. The van der Waals surface area contributed by atoms with Gasteiger partial charge in [-0.1, -0.05) is 42.1 Å². The molecule has 1 heterocycles. The third-order valence-corrected chi connectivity index (χ3v) is 3.82. The Kier molecular flexibility index (Phi) is 7.12. The average molecular weight is 306 g/mol. The summed E-state index contributed by atoms with van der Waals surface area (Å²) in [5.74, 6) is 0.294. The highest BCUT2D eigenvalue weighted by molar-refractivity contribution is 9.09. The molecule has 2 unspecified atom stereocenters. The first-order valence-electron chi connectivity index (χ1n) is 6.66. The number of morpholine rings is 1. The molecule has 100 valence electrons. The number of carbonyl (C=O) groups is 1. The van der Waals surface area contributed by atoms with Crippen LogP contribution in [0.25, 0.3) is 0 Å². The Labute approximate surface area is 113 Å². The molecule has 1 fully saturated rings. The molecule has 1 aliphatic heterocycles. The molecule has 17 heavy (non-hydrogen) atoms. The van der Waals surface area contributed by atoms with Crippen LogP contribution in [-0.4, -0.2) is 41.4 Å². The van der Waals surface area contributed by atoms with Crippen molar-refractivity contribution in [3.05, 3.63) is 0 Å².